The van der Waals surface area contributed by atoms with Crippen molar-refractivity contribution < 1.29 is 4.74 Å². The first kappa shape index (κ1) is 10.5. The maximum Gasteiger partial charge on any atom is 0.236 e. The van der Waals surface area contributed by atoms with Crippen molar-refractivity contribution in [1.82, 2.24) is 4.98 Å². The molecule has 0 aliphatic carbocycles. The lowest BCUT2D eigenvalue weighted by molar-refractivity contribution is 0.400. The normalized spacial score (nSPS) is 8.55. The van der Waals surface area contributed by atoms with Gasteiger partial charge in [0.25, 0.3) is 0 Å². The highest BCUT2D eigenvalue weighted by atomic mass is 79.9. The van der Waals surface area contributed by atoms with Crippen molar-refractivity contribution in [2.75, 3.05) is 12.8 Å². The third-order valence-corrected chi connectivity index (χ3v) is 1.47. The number of nitrogen functional groups attached to an aromatic ring is 1. The van der Waals surface area contributed by atoms with Gasteiger partial charge in [-0.25, -0.2) is 4.98 Å². The topological polar surface area (TPSA) is 48.1 Å². The molecule has 0 aliphatic heterocycles. The van der Waals surface area contributed by atoms with Crippen molar-refractivity contribution in [1.29, 1.82) is 0 Å². The summed E-state index contributed by atoms with van der Waals surface area (Å²) in [7, 11) is 1.53. The second-order valence-electron chi connectivity index (χ2n) is 1.75. The molecule has 2 N–H and O–H groups in total. The fourth-order valence-corrected chi connectivity index (χ4v) is 0.962. The van der Waals surface area contributed by atoms with Crippen LogP contribution in [0.15, 0.2) is 16.7 Å². The van der Waals surface area contributed by atoms with E-state index in [1.54, 1.807) is 12.3 Å². The van der Waals surface area contributed by atoms with Crippen LogP contribution in [0.1, 0.15) is 0 Å². The van der Waals surface area contributed by atoms with Gasteiger partial charge in [0.2, 0.25) is 5.88 Å². The quantitative estimate of drug-likeness (QED) is 0.814. The zero-order chi connectivity index (χ0) is 7.56. The summed E-state index contributed by atoms with van der Waals surface area (Å²) < 4.78 is 5.70. The standard InChI is InChI=1S/C6H7BrN2O.ClH/c1-10-6-5(8)2-4(7)3-9-6;/h2-3H,8H2,1H3;1H. The van der Waals surface area contributed by atoms with E-state index >= 15 is 0 Å². The molecule has 5 heteroatoms. The molecule has 0 amide bonds. The van der Waals surface area contributed by atoms with Crippen molar-refractivity contribution >= 4 is 34.0 Å². The predicted molar refractivity (Wildman–Crippen MR) is 50.1 cm³/mol. The Bertz CT molecular complexity index is 244. The predicted octanol–water partition coefficient (Wildman–Crippen LogP) is 1.86. The number of hydrogen-bond acceptors (Lipinski definition) is 3. The molecular formula is C6H8BrClN2O. The van der Waals surface area contributed by atoms with Crippen LogP contribution in [0.25, 0.3) is 0 Å². The van der Waals surface area contributed by atoms with E-state index < -0.39 is 0 Å². The monoisotopic (exact) mass is 238 g/mol. The average Bonchev–Trinajstić information content (AvgIpc) is 1.88. The minimum atomic E-state index is 0. The smallest absolute Gasteiger partial charge is 0.236 e. The maximum atomic E-state index is 5.51. The third kappa shape index (κ3) is 2.55. The second-order valence-corrected chi connectivity index (χ2v) is 2.67. The van der Waals surface area contributed by atoms with Gasteiger partial charge in [-0.05, 0) is 22.0 Å². The Labute approximate surface area is 79.5 Å². The van der Waals surface area contributed by atoms with Crippen LogP contribution in [0.4, 0.5) is 5.69 Å². The lowest BCUT2D eigenvalue weighted by atomic mass is 10.4. The van der Waals surface area contributed by atoms with E-state index in [0.717, 1.165) is 4.47 Å². The van der Waals surface area contributed by atoms with Gasteiger partial charge in [-0.1, -0.05) is 0 Å². The number of rotatable bonds is 1. The molecule has 0 fully saturated rings. The van der Waals surface area contributed by atoms with Crippen LogP contribution in [0.2, 0.25) is 0 Å². The number of ether oxygens (including phenoxy) is 1. The number of anilines is 1. The molecule has 1 aromatic heterocycles. The molecule has 0 unspecified atom stereocenters. The van der Waals surface area contributed by atoms with Crippen LogP contribution in [0.5, 0.6) is 5.88 Å². The lowest BCUT2D eigenvalue weighted by Gasteiger charge is -2.01. The van der Waals surface area contributed by atoms with Crippen LogP contribution in [0.3, 0.4) is 0 Å². The Balaban J connectivity index is 0.000001000. The first-order valence-electron chi connectivity index (χ1n) is 2.69. The Hall–Kier alpha value is -0.480. The molecule has 3 nitrogen and oxygen atoms in total. The molecule has 1 heterocycles. The van der Waals surface area contributed by atoms with Crippen molar-refractivity contribution in [2.45, 2.75) is 0 Å². The molecule has 62 valence electrons. The molecule has 0 aliphatic rings. The zero-order valence-corrected chi connectivity index (χ0v) is 8.28. The Kier molecular flexibility index (Phi) is 4.22. The molecule has 0 spiro atoms. The highest BCUT2D eigenvalue weighted by Crippen LogP contribution is 2.20. The molecule has 0 radical (unpaired) electrons. The number of aromatic nitrogens is 1. The SMILES string of the molecule is COc1ncc(Br)cc1N.Cl. The molecule has 0 saturated carbocycles. The fraction of sp³-hybridized carbons (Fsp3) is 0.167. The van der Waals surface area contributed by atoms with Crippen LogP contribution in [-0.2, 0) is 0 Å². The minimum Gasteiger partial charge on any atom is -0.480 e. The summed E-state index contributed by atoms with van der Waals surface area (Å²) in [6.45, 7) is 0. The Morgan fingerprint density at radius 1 is 1.64 bits per heavy atom. The van der Waals surface area contributed by atoms with Crippen LogP contribution in [-0.4, -0.2) is 12.1 Å². The van der Waals surface area contributed by atoms with Gasteiger partial charge < -0.3 is 10.5 Å². The van der Waals surface area contributed by atoms with Crippen LogP contribution >= 0.6 is 28.3 Å². The number of nitrogens with two attached hydrogens (primary N) is 1. The summed E-state index contributed by atoms with van der Waals surface area (Å²) in [5.74, 6) is 0.461. The zero-order valence-electron chi connectivity index (χ0n) is 5.87. The molecule has 0 aromatic carbocycles. The lowest BCUT2D eigenvalue weighted by Crippen LogP contribution is -1.94. The molecule has 0 atom stereocenters. The highest BCUT2D eigenvalue weighted by Gasteiger charge is 1.98. The molecule has 11 heavy (non-hydrogen) atoms. The first-order chi connectivity index (χ1) is 4.74. The maximum absolute atomic E-state index is 5.51. The van der Waals surface area contributed by atoms with E-state index in [2.05, 4.69) is 20.9 Å². The molecule has 0 bridgehead atoms. The minimum absolute atomic E-state index is 0. The number of halogens is 2. The van der Waals surface area contributed by atoms with Crippen molar-refractivity contribution in [3.05, 3.63) is 16.7 Å². The first-order valence-corrected chi connectivity index (χ1v) is 3.48. The molecular weight excluding hydrogens is 231 g/mol. The van der Waals surface area contributed by atoms with Gasteiger partial charge in [-0.2, -0.15) is 0 Å². The van der Waals surface area contributed by atoms with Gasteiger partial charge in [-0.15, -0.1) is 12.4 Å². The molecule has 1 aromatic rings. The summed E-state index contributed by atoms with van der Waals surface area (Å²) in [5.41, 5.74) is 6.05. The van der Waals surface area contributed by atoms with E-state index in [0.29, 0.717) is 11.6 Å². The highest BCUT2D eigenvalue weighted by molar-refractivity contribution is 9.10. The Morgan fingerprint density at radius 2 is 2.27 bits per heavy atom. The van der Waals surface area contributed by atoms with Gasteiger partial charge >= 0.3 is 0 Å². The molecule has 1 rings (SSSR count). The van der Waals surface area contributed by atoms with Crippen LogP contribution in [0, 0.1) is 0 Å². The second kappa shape index (κ2) is 4.41. The fourth-order valence-electron chi connectivity index (χ4n) is 0.613. The summed E-state index contributed by atoms with van der Waals surface area (Å²) in [6.07, 6.45) is 1.63. The number of methoxy groups -OCH3 is 1. The van der Waals surface area contributed by atoms with E-state index in [4.69, 9.17) is 10.5 Å². The Morgan fingerprint density at radius 3 is 2.73 bits per heavy atom. The van der Waals surface area contributed by atoms with E-state index in [1.807, 2.05) is 0 Å². The average molecular weight is 240 g/mol. The summed E-state index contributed by atoms with van der Waals surface area (Å²) in [6, 6.07) is 1.74. The largest absolute Gasteiger partial charge is 0.480 e. The van der Waals surface area contributed by atoms with Crippen molar-refractivity contribution in [3.8, 4) is 5.88 Å². The number of nitrogens with zero attached hydrogens (tertiary/aromatic N) is 1. The van der Waals surface area contributed by atoms with Crippen LogP contribution < -0.4 is 10.5 Å². The van der Waals surface area contributed by atoms with Gasteiger partial charge in [0, 0.05) is 10.7 Å². The van der Waals surface area contributed by atoms with E-state index in [-0.39, 0.29) is 12.4 Å². The van der Waals surface area contributed by atoms with Crippen molar-refractivity contribution in [2.24, 2.45) is 0 Å². The van der Waals surface area contributed by atoms with E-state index in [1.165, 1.54) is 7.11 Å². The number of pyridine rings is 1. The number of hydrogen-bond donors (Lipinski definition) is 1. The van der Waals surface area contributed by atoms with Gasteiger partial charge in [0.15, 0.2) is 0 Å². The molecule has 0 saturated heterocycles. The summed E-state index contributed by atoms with van der Waals surface area (Å²) in [4.78, 5) is 3.90. The van der Waals surface area contributed by atoms with Gasteiger partial charge in [0.1, 0.15) is 0 Å². The van der Waals surface area contributed by atoms with Crippen molar-refractivity contribution in [3.63, 3.8) is 0 Å². The van der Waals surface area contributed by atoms with E-state index in [9.17, 15) is 0 Å². The van der Waals surface area contributed by atoms with Gasteiger partial charge in [0.05, 0.1) is 12.8 Å². The van der Waals surface area contributed by atoms with Gasteiger partial charge in [-0.3, -0.25) is 0 Å². The third-order valence-electron chi connectivity index (χ3n) is 1.04. The summed E-state index contributed by atoms with van der Waals surface area (Å²) in [5, 5.41) is 0. The summed E-state index contributed by atoms with van der Waals surface area (Å²) >= 11 is 3.23.